The number of benzene rings is 3. The Morgan fingerprint density at radius 3 is 2.29 bits per heavy atom. The molecular formula is C24H25N3O9S2. The third-order valence-corrected chi connectivity index (χ3v) is 7.95. The molecule has 1 amide bonds. The summed E-state index contributed by atoms with van der Waals surface area (Å²) in [5.74, 6) is 0.944. The van der Waals surface area contributed by atoms with Gasteiger partial charge in [0.15, 0.2) is 11.5 Å². The van der Waals surface area contributed by atoms with E-state index in [-0.39, 0.29) is 28.8 Å². The van der Waals surface area contributed by atoms with Crippen LogP contribution in [-0.4, -0.2) is 56.6 Å². The van der Waals surface area contributed by atoms with Crippen LogP contribution in [0.5, 0.6) is 23.0 Å². The van der Waals surface area contributed by atoms with Gasteiger partial charge in [0.25, 0.3) is 10.0 Å². The lowest BCUT2D eigenvalue weighted by Gasteiger charge is -2.22. The zero-order valence-corrected chi connectivity index (χ0v) is 22.3. The van der Waals surface area contributed by atoms with Crippen LogP contribution in [0, 0.1) is 0 Å². The van der Waals surface area contributed by atoms with Gasteiger partial charge in [-0.2, -0.15) is 0 Å². The van der Waals surface area contributed by atoms with Gasteiger partial charge in [-0.1, -0.05) is 0 Å². The number of nitrogens with one attached hydrogen (secondary N) is 2. The standard InChI is InChI=1S/C24H25N3O9S2/c1-33-18-7-11-21(34-2)20(13-18)26-38(31,32)19-8-4-16(5-9-19)25-24(28)14-27(37(3,29)30)17-6-10-22-23(12-17)36-15-35-22/h4-13,26H,14-15H2,1-3H3,(H,25,28). The Hall–Kier alpha value is -4.17. The molecule has 1 aliphatic rings. The molecular weight excluding hydrogens is 538 g/mol. The van der Waals surface area contributed by atoms with Gasteiger partial charge >= 0.3 is 0 Å². The molecule has 0 spiro atoms. The van der Waals surface area contributed by atoms with Crippen molar-refractivity contribution in [2.45, 2.75) is 4.90 Å². The Labute approximate surface area is 220 Å². The Morgan fingerprint density at radius 1 is 0.921 bits per heavy atom. The van der Waals surface area contributed by atoms with E-state index >= 15 is 0 Å². The normalized spacial score (nSPS) is 12.5. The summed E-state index contributed by atoms with van der Waals surface area (Å²) in [7, 11) is -4.96. The van der Waals surface area contributed by atoms with Gasteiger partial charge in [-0.3, -0.25) is 13.8 Å². The van der Waals surface area contributed by atoms with Crippen molar-refractivity contribution in [2.24, 2.45) is 0 Å². The van der Waals surface area contributed by atoms with Gasteiger partial charge in [0.05, 0.1) is 36.7 Å². The van der Waals surface area contributed by atoms with E-state index < -0.39 is 32.5 Å². The molecule has 12 nitrogen and oxygen atoms in total. The predicted molar refractivity (Wildman–Crippen MR) is 140 cm³/mol. The number of hydrogen-bond acceptors (Lipinski definition) is 9. The van der Waals surface area contributed by atoms with Gasteiger partial charge in [-0.25, -0.2) is 16.8 Å². The van der Waals surface area contributed by atoms with Gasteiger partial charge in [-0.05, 0) is 48.5 Å². The van der Waals surface area contributed by atoms with Crippen molar-refractivity contribution in [3.05, 3.63) is 60.7 Å². The van der Waals surface area contributed by atoms with Gasteiger partial charge in [0.2, 0.25) is 22.7 Å². The molecule has 0 aliphatic carbocycles. The fourth-order valence-corrected chi connectivity index (χ4v) is 5.50. The maximum absolute atomic E-state index is 12.9. The summed E-state index contributed by atoms with van der Waals surface area (Å²) in [6.07, 6.45) is 0.981. The predicted octanol–water partition coefficient (Wildman–Crippen LogP) is 2.64. The van der Waals surface area contributed by atoms with E-state index in [4.69, 9.17) is 18.9 Å². The van der Waals surface area contributed by atoms with E-state index in [1.807, 2.05) is 0 Å². The van der Waals surface area contributed by atoms with Gasteiger partial charge in [0, 0.05) is 17.8 Å². The average molecular weight is 564 g/mol. The second-order valence-electron chi connectivity index (χ2n) is 8.05. The largest absolute Gasteiger partial charge is 0.497 e. The van der Waals surface area contributed by atoms with Crippen molar-refractivity contribution in [2.75, 3.05) is 48.2 Å². The van der Waals surface area contributed by atoms with E-state index in [0.29, 0.717) is 23.0 Å². The van der Waals surface area contributed by atoms with Crippen LogP contribution >= 0.6 is 0 Å². The SMILES string of the molecule is COc1ccc(OC)c(NS(=O)(=O)c2ccc(NC(=O)CN(c3ccc4c(c3)OCO4)S(C)(=O)=O)cc2)c1. The maximum Gasteiger partial charge on any atom is 0.262 e. The third kappa shape index (κ3) is 6.03. The number of carbonyl (C=O) groups excluding carboxylic acids is 1. The molecule has 0 atom stereocenters. The van der Waals surface area contributed by atoms with Crippen molar-refractivity contribution in [3.8, 4) is 23.0 Å². The topological polar surface area (TPSA) is 150 Å². The van der Waals surface area contributed by atoms with E-state index in [9.17, 15) is 21.6 Å². The lowest BCUT2D eigenvalue weighted by atomic mass is 10.2. The molecule has 202 valence electrons. The Morgan fingerprint density at radius 2 is 1.63 bits per heavy atom. The van der Waals surface area contributed by atoms with Gasteiger partial charge in [0.1, 0.15) is 18.0 Å². The van der Waals surface area contributed by atoms with E-state index in [0.717, 1.165) is 10.6 Å². The van der Waals surface area contributed by atoms with Crippen molar-refractivity contribution < 1.29 is 40.6 Å². The summed E-state index contributed by atoms with van der Waals surface area (Å²) < 4.78 is 74.9. The monoisotopic (exact) mass is 563 g/mol. The lowest BCUT2D eigenvalue weighted by molar-refractivity contribution is -0.114. The Kier molecular flexibility index (Phi) is 7.55. The highest BCUT2D eigenvalue weighted by atomic mass is 32.2. The van der Waals surface area contributed by atoms with Crippen LogP contribution in [0.2, 0.25) is 0 Å². The fraction of sp³-hybridized carbons (Fsp3) is 0.208. The lowest BCUT2D eigenvalue weighted by Crippen LogP contribution is -2.37. The first-order chi connectivity index (χ1) is 18.0. The molecule has 4 rings (SSSR count). The zero-order chi connectivity index (χ0) is 27.5. The second-order valence-corrected chi connectivity index (χ2v) is 11.6. The smallest absolute Gasteiger partial charge is 0.262 e. The molecule has 0 aromatic heterocycles. The number of amides is 1. The maximum atomic E-state index is 12.9. The highest BCUT2D eigenvalue weighted by Gasteiger charge is 2.24. The van der Waals surface area contributed by atoms with E-state index in [1.165, 1.54) is 56.7 Å². The number of fused-ring (bicyclic) bond motifs is 1. The Balaban J connectivity index is 1.47. The molecule has 1 aliphatic heterocycles. The van der Waals surface area contributed by atoms with Crippen LogP contribution in [0.25, 0.3) is 0 Å². The second kappa shape index (κ2) is 10.7. The summed E-state index contributed by atoms with van der Waals surface area (Å²) >= 11 is 0. The fourth-order valence-electron chi connectivity index (χ4n) is 3.59. The van der Waals surface area contributed by atoms with Gasteiger partial charge in [-0.15, -0.1) is 0 Å². The number of carbonyl (C=O) groups is 1. The first kappa shape index (κ1) is 26.9. The van der Waals surface area contributed by atoms with Crippen molar-refractivity contribution in [1.29, 1.82) is 0 Å². The molecule has 0 saturated carbocycles. The van der Waals surface area contributed by atoms with Crippen LogP contribution < -0.4 is 33.3 Å². The molecule has 0 saturated heterocycles. The molecule has 0 bridgehead atoms. The number of rotatable bonds is 10. The molecule has 2 N–H and O–H groups in total. The molecule has 14 heteroatoms. The first-order valence-corrected chi connectivity index (χ1v) is 14.4. The molecule has 0 radical (unpaired) electrons. The average Bonchev–Trinajstić information content (AvgIpc) is 3.34. The van der Waals surface area contributed by atoms with Crippen LogP contribution in [-0.2, 0) is 24.8 Å². The first-order valence-electron chi connectivity index (χ1n) is 11.0. The molecule has 3 aromatic rings. The molecule has 38 heavy (non-hydrogen) atoms. The van der Waals surface area contributed by atoms with Crippen molar-refractivity contribution >= 4 is 43.0 Å². The number of methoxy groups -OCH3 is 2. The summed E-state index contributed by atoms with van der Waals surface area (Å²) in [6, 6.07) is 14.6. The van der Waals surface area contributed by atoms with Crippen LogP contribution in [0.4, 0.5) is 17.1 Å². The molecule has 0 fully saturated rings. The minimum Gasteiger partial charge on any atom is -0.497 e. The molecule has 3 aromatic carbocycles. The summed E-state index contributed by atoms with van der Waals surface area (Å²) in [4.78, 5) is 12.6. The van der Waals surface area contributed by atoms with Crippen molar-refractivity contribution in [1.82, 2.24) is 0 Å². The van der Waals surface area contributed by atoms with E-state index in [1.54, 1.807) is 18.2 Å². The van der Waals surface area contributed by atoms with Crippen molar-refractivity contribution in [3.63, 3.8) is 0 Å². The van der Waals surface area contributed by atoms with Crippen LogP contribution in [0.1, 0.15) is 0 Å². The molecule has 0 unspecified atom stereocenters. The highest BCUT2D eigenvalue weighted by molar-refractivity contribution is 7.92. The number of nitrogens with zero attached hydrogens (tertiary/aromatic N) is 1. The number of anilines is 3. The summed E-state index contributed by atoms with van der Waals surface area (Å²) in [6.45, 7) is -0.498. The highest BCUT2D eigenvalue weighted by Crippen LogP contribution is 2.36. The van der Waals surface area contributed by atoms with Gasteiger partial charge < -0.3 is 24.3 Å². The van der Waals surface area contributed by atoms with Crippen LogP contribution in [0.3, 0.4) is 0 Å². The number of sulfonamides is 2. The minimum atomic E-state index is -4.00. The minimum absolute atomic E-state index is 0.0203. The number of hydrogen-bond donors (Lipinski definition) is 2. The molecule has 1 heterocycles. The summed E-state index contributed by atoms with van der Waals surface area (Å²) in [5.41, 5.74) is 0.688. The Bertz CT molecular complexity index is 1560. The third-order valence-electron chi connectivity index (χ3n) is 5.43. The quantitative estimate of drug-likeness (QED) is 0.380. The zero-order valence-electron chi connectivity index (χ0n) is 20.6. The summed E-state index contributed by atoms with van der Waals surface area (Å²) in [5, 5.41) is 2.58. The van der Waals surface area contributed by atoms with Crippen LogP contribution in [0.15, 0.2) is 65.6 Å². The number of ether oxygens (including phenoxy) is 4. The van der Waals surface area contributed by atoms with E-state index in [2.05, 4.69) is 10.0 Å².